The van der Waals surface area contributed by atoms with Crippen LogP contribution in [0, 0.1) is 6.92 Å². The monoisotopic (exact) mass is 232 g/mol. The fraction of sp³-hybridized carbons (Fsp3) is 0.273. The molecule has 0 saturated carbocycles. The molecule has 2 aromatic rings. The van der Waals surface area contributed by atoms with Gasteiger partial charge in [-0.25, -0.2) is 9.97 Å². The number of ketones is 1. The van der Waals surface area contributed by atoms with E-state index < -0.39 is 0 Å². The van der Waals surface area contributed by atoms with E-state index in [2.05, 4.69) is 15.1 Å². The molecule has 0 N–H and O–H groups in total. The molecule has 0 aromatic carbocycles. The molecule has 0 bridgehead atoms. The summed E-state index contributed by atoms with van der Waals surface area (Å²) in [6, 6.07) is 1.70. The first-order valence-electron chi connectivity index (χ1n) is 5.04. The molecule has 0 spiro atoms. The molecular weight excluding hydrogens is 220 g/mol. The molecule has 88 valence electrons. The molecule has 0 saturated heterocycles. The van der Waals surface area contributed by atoms with Crippen LogP contribution in [0.4, 0.5) is 0 Å². The van der Waals surface area contributed by atoms with Gasteiger partial charge in [0.25, 0.3) is 0 Å². The predicted molar refractivity (Wildman–Crippen MR) is 60.0 cm³/mol. The zero-order chi connectivity index (χ0) is 12.4. The number of nitrogens with zero attached hydrogens (tertiary/aromatic N) is 4. The number of carbonyl (C=O) groups is 1. The molecule has 6 nitrogen and oxygen atoms in total. The number of carbonyl (C=O) groups excluding carboxylic acids is 1. The number of methoxy groups -OCH3 is 1. The Morgan fingerprint density at radius 2 is 2.06 bits per heavy atom. The number of rotatable bonds is 3. The molecule has 0 unspecified atom stereocenters. The fourth-order valence-electron chi connectivity index (χ4n) is 1.57. The molecule has 0 fully saturated rings. The Bertz CT molecular complexity index is 562. The summed E-state index contributed by atoms with van der Waals surface area (Å²) in [5.41, 5.74) is 1.43. The number of hydrogen-bond donors (Lipinski definition) is 0. The maximum Gasteiger partial charge on any atom is 0.243 e. The van der Waals surface area contributed by atoms with Gasteiger partial charge in [-0.1, -0.05) is 0 Å². The molecule has 6 heteroatoms. The minimum absolute atomic E-state index is 0.193. The first kappa shape index (κ1) is 11.3. The highest BCUT2D eigenvalue weighted by Crippen LogP contribution is 2.16. The average molecular weight is 232 g/mol. The van der Waals surface area contributed by atoms with Crippen LogP contribution in [0.1, 0.15) is 21.9 Å². The van der Waals surface area contributed by atoms with Gasteiger partial charge in [0.1, 0.15) is 5.69 Å². The Morgan fingerprint density at radius 3 is 2.65 bits per heavy atom. The summed E-state index contributed by atoms with van der Waals surface area (Å²) < 4.78 is 6.53. The number of ether oxygens (including phenoxy) is 1. The van der Waals surface area contributed by atoms with Gasteiger partial charge in [0.15, 0.2) is 5.69 Å². The van der Waals surface area contributed by atoms with Crippen LogP contribution in [0.3, 0.4) is 0 Å². The van der Waals surface area contributed by atoms with Crippen LogP contribution in [0.25, 0.3) is 0 Å². The smallest absolute Gasteiger partial charge is 0.243 e. The topological polar surface area (TPSA) is 69.9 Å². The maximum atomic E-state index is 12.2. The summed E-state index contributed by atoms with van der Waals surface area (Å²) in [6.45, 7) is 1.82. The van der Waals surface area contributed by atoms with Gasteiger partial charge >= 0.3 is 0 Å². The van der Waals surface area contributed by atoms with Crippen molar-refractivity contribution < 1.29 is 9.53 Å². The molecule has 2 rings (SSSR count). The van der Waals surface area contributed by atoms with Gasteiger partial charge in [0.05, 0.1) is 12.8 Å². The van der Waals surface area contributed by atoms with Gasteiger partial charge in [-0.2, -0.15) is 5.10 Å². The second kappa shape index (κ2) is 4.32. The largest absolute Gasteiger partial charge is 0.479 e. The van der Waals surface area contributed by atoms with Gasteiger partial charge in [0.2, 0.25) is 11.7 Å². The molecule has 0 atom stereocenters. The highest BCUT2D eigenvalue weighted by atomic mass is 16.5. The Hall–Kier alpha value is -2.24. The second-order valence-corrected chi connectivity index (χ2v) is 3.54. The maximum absolute atomic E-state index is 12.2. The van der Waals surface area contributed by atoms with Crippen LogP contribution in [0.2, 0.25) is 0 Å². The zero-order valence-corrected chi connectivity index (χ0v) is 9.84. The van der Waals surface area contributed by atoms with E-state index in [1.807, 2.05) is 6.92 Å². The quantitative estimate of drug-likeness (QED) is 0.730. The van der Waals surface area contributed by atoms with E-state index in [0.717, 1.165) is 5.69 Å². The van der Waals surface area contributed by atoms with Crippen molar-refractivity contribution in [1.29, 1.82) is 0 Å². The van der Waals surface area contributed by atoms with Crippen molar-refractivity contribution in [2.24, 2.45) is 7.05 Å². The standard InChI is InChI=1S/C11H12N4O2/c1-7-6-8(15(2)14-7)10(16)9-11(17-3)13-5-4-12-9/h4-6H,1-3H3. The third-order valence-corrected chi connectivity index (χ3v) is 2.31. The lowest BCUT2D eigenvalue weighted by Gasteiger charge is -2.04. The first-order chi connectivity index (χ1) is 8.13. The summed E-state index contributed by atoms with van der Waals surface area (Å²) in [5.74, 6) is -0.0330. The molecule has 0 aliphatic carbocycles. The first-order valence-corrected chi connectivity index (χ1v) is 5.04. The summed E-state index contributed by atoms with van der Waals surface area (Å²) in [6.07, 6.45) is 2.93. The average Bonchev–Trinajstić information content (AvgIpc) is 2.67. The molecule has 0 radical (unpaired) electrons. The normalized spacial score (nSPS) is 10.3. The lowest BCUT2D eigenvalue weighted by molar-refractivity contribution is 0.102. The van der Waals surface area contributed by atoms with Crippen LogP contribution >= 0.6 is 0 Å². The summed E-state index contributed by atoms with van der Waals surface area (Å²) >= 11 is 0. The van der Waals surface area contributed by atoms with Gasteiger partial charge in [0, 0.05) is 19.4 Å². The third kappa shape index (κ3) is 2.01. The number of aromatic nitrogens is 4. The Balaban J connectivity index is 2.47. The van der Waals surface area contributed by atoms with E-state index in [1.165, 1.54) is 24.2 Å². The van der Waals surface area contributed by atoms with Crippen LogP contribution in [0.15, 0.2) is 18.5 Å². The minimum Gasteiger partial charge on any atom is -0.479 e. The lowest BCUT2D eigenvalue weighted by Crippen LogP contribution is -2.12. The van der Waals surface area contributed by atoms with E-state index >= 15 is 0 Å². The summed E-state index contributed by atoms with van der Waals surface area (Å²) in [5, 5.41) is 4.12. The van der Waals surface area contributed by atoms with Crippen molar-refractivity contribution in [2.45, 2.75) is 6.92 Å². The minimum atomic E-state index is -0.252. The van der Waals surface area contributed by atoms with Gasteiger partial charge in [-0.15, -0.1) is 0 Å². The van der Waals surface area contributed by atoms with Crippen molar-refractivity contribution in [2.75, 3.05) is 7.11 Å². The molecule has 0 aliphatic rings. The van der Waals surface area contributed by atoms with E-state index in [0.29, 0.717) is 5.69 Å². The Morgan fingerprint density at radius 1 is 1.35 bits per heavy atom. The molecular formula is C11H12N4O2. The third-order valence-electron chi connectivity index (χ3n) is 2.31. The van der Waals surface area contributed by atoms with Crippen LogP contribution in [0.5, 0.6) is 5.88 Å². The second-order valence-electron chi connectivity index (χ2n) is 3.54. The van der Waals surface area contributed by atoms with Crippen molar-refractivity contribution in [3.8, 4) is 5.88 Å². The van der Waals surface area contributed by atoms with Crippen molar-refractivity contribution in [1.82, 2.24) is 19.7 Å². The zero-order valence-electron chi connectivity index (χ0n) is 9.84. The van der Waals surface area contributed by atoms with Gasteiger partial charge in [-0.3, -0.25) is 9.48 Å². The fourth-order valence-corrected chi connectivity index (χ4v) is 1.57. The van der Waals surface area contributed by atoms with Crippen molar-refractivity contribution >= 4 is 5.78 Å². The van der Waals surface area contributed by atoms with Crippen LogP contribution in [-0.4, -0.2) is 32.6 Å². The summed E-state index contributed by atoms with van der Waals surface area (Å²) in [4.78, 5) is 20.2. The van der Waals surface area contributed by atoms with Crippen molar-refractivity contribution in [3.05, 3.63) is 35.5 Å². The van der Waals surface area contributed by atoms with Gasteiger partial charge in [-0.05, 0) is 13.0 Å². The van der Waals surface area contributed by atoms with E-state index in [9.17, 15) is 4.79 Å². The lowest BCUT2D eigenvalue weighted by atomic mass is 10.2. The molecule has 0 aliphatic heterocycles. The van der Waals surface area contributed by atoms with Gasteiger partial charge < -0.3 is 4.74 Å². The molecule has 2 heterocycles. The number of aryl methyl sites for hydroxylation is 2. The highest BCUT2D eigenvalue weighted by Gasteiger charge is 2.20. The van der Waals surface area contributed by atoms with Crippen molar-refractivity contribution in [3.63, 3.8) is 0 Å². The molecule has 0 amide bonds. The van der Waals surface area contributed by atoms with E-state index in [4.69, 9.17) is 4.74 Å². The predicted octanol–water partition coefficient (Wildman–Crippen LogP) is 0.758. The molecule has 2 aromatic heterocycles. The summed E-state index contributed by atoms with van der Waals surface area (Å²) in [7, 11) is 3.17. The molecule has 17 heavy (non-hydrogen) atoms. The highest BCUT2D eigenvalue weighted by molar-refractivity contribution is 6.07. The number of hydrogen-bond acceptors (Lipinski definition) is 5. The van der Waals surface area contributed by atoms with E-state index in [1.54, 1.807) is 13.1 Å². The Labute approximate surface area is 98.3 Å². The van der Waals surface area contributed by atoms with E-state index in [-0.39, 0.29) is 17.4 Å². The Kier molecular flexibility index (Phi) is 2.86. The van der Waals surface area contributed by atoms with Crippen LogP contribution in [-0.2, 0) is 7.05 Å². The van der Waals surface area contributed by atoms with Crippen LogP contribution < -0.4 is 4.74 Å². The SMILES string of the molecule is COc1nccnc1C(=O)c1cc(C)nn1C.